The average molecular weight is 241 g/mol. The van der Waals surface area contributed by atoms with E-state index < -0.39 is 0 Å². The van der Waals surface area contributed by atoms with Crippen LogP contribution >= 0.6 is 0 Å². The molecule has 0 aromatic heterocycles. The minimum absolute atomic E-state index is 0.146. The molecule has 1 amide bonds. The number of rotatable bonds is 7. The second-order valence-electron chi connectivity index (χ2n) is 5.82. The highest BCUT2D eigenvalue weighted by Gasteiger charge is 2.27. The van der Waals surface area contributed by atoms with Gasteiger partial charge in [0.1, 0.15) is 0 Å². The summed E-state index contributed by atoms with van der Waals surface area (Å²) in [6.45, 7) is 16.0. The molecule has 2 heteroatoms. The minimum Gasteiger partial charge on any atom is -0.340 e. The maximum absolute atomic E-state index is 12.5. The summed E-state index contributed by atoms with van der Waals surface area (Å²) in [5.41, 5.74) is 0. The number of amides is 1. The Morgan fingerprint density at radius 2 is 1.53 bits per heavy atom. The molecule has 0 fully saturated rings. The van der Waals surface area contributed by atoms with E-state index in [-0.39, 0.29) is 5.92 Å². The molecule has 0 aromatic rings. The summed E-state index contributed by atoms with van der Waals surface area (Å²) in [5.74, 6) is 1.49. The van der Waals surface area contributed by atoms with Crippen LogP contribution in [0.2, 0.25) is 0 Å². The van der Waals surface area contributed by atoms with Gasteiger partial charge in [0.25, 0.3) is 0 Å². The highest BCUT2D eigenvalue weighted by molar-refractivity contribution is 5.79. The van der Waals surface area contributed by atoms with Crippen LogP contribution in [0.1, 0.15) is 61.3 Å². The van der Waals surface area contributed by atoms with Gasteiger partial charge >= 0.3 is 0 Å². The van der Waals surface area contributed by atoms with Crippen molar-refractivity contribution in [1.82, 2.24) is 4.90 Å². The molecule has 0 spiro atoms. The summed E-state index contributed by atoms with van der Waals surface area (Å²) in [7, 11) is 0. The third kappa shape index (κ3) is 5.10. The molecule has 0 rings (SSSR count). The van der Waals surface area contributed by atoms with Crippen LogP contribution in [0.4, 0.5) is 0 Å². The number of hydrogen-bond donors (Lipinski definition) is 0. The minimum atomic E-state index is 0.146. The molecular weight excluding hydrogens is 210 g/mol. The van der Waals surface area contributed by atoms with E-state index >= 15 is 0 Å². The van der Waals surface area contributed by atoms with Crippen LogP contribution in [0.25, 0.3) is 0 Å². The first kappa shape index (κ1) is 16.5. The lowest BCUT2D eigenvalue weighted by Gasteiger charge is -2.34. The van der Waals surface area contributed by atoms with Gasteiger partial charge in [0.15, 0.2) is 0 Å². The van der Waals surface area contributed by atoms with Crippen LogP contribution in [0.15, 0.2) is 0 Å². The molecule has 102 valence electrons. The zero-order chi connectivity index (χ0) is 13.6. The summed E-state index contributed by atoms with van der Waals surface area (Å²) in [6.07, 6.45) is 2.11. The molecule has 0 N–H and O–H groups in total. The summed E-state index contributed by atoms with van der Waals surface area (Å²) < 4.78 is 0. The van der Waals surface area contributed by atoms with Gasteiger partial charge < -0.3 is 4.90 Å². The third-order valence-corrected chi connectivity index (χ3v) is 3.85. The van der Waals surface area contributed by atoms with Crippen molar-refractivity contribution in [2.75, 3.05) is 6.54 Å². The largest absolute Gasteiger partial charge is 0.340 e. The van der Waals surface area contributed by atoms with Crippen LogP contribution in [0.5, 0.6) is 0 Å². The molecule has 0 aliphatic rings. The van der Waals surface area contributed by atoms with E-state index in [4.69, 9.17) is 0 Å². The smallest absolute Gasteiger partial charge is 0.225 e. The summed E-state index contributed by atoms with van der Waals surface area (Å²) in [4.78, 5) is 14.6. The number of hydrogen-bond acceptors (Lipinski definition) is 1. The normalized spacial score (nSPS) is 16.7. The first-order chi connectivity index (χ1) is 7.84. The van der Waals surface area contributed by atoms with E-state index in [9.17, 15) is 4.79 Å². The molecule has 3 unspecified atom stereocenters. The molecule has 0 saturated heterocycles. The fourth-order valence-corrected chi connectivity index (χ4v) is 1.96. The van der Waals surface area contributed by atoms with Crippen molar-refractivity contribution in [2.24, 2.45) is 17.8 Å². The van der Waals surface area contributed by atoms with Crippen LogP contribution in [0, 0.1) is 17.8 Å². The molecule has 0 aliphatic carbocycles. The molecule has 17 heavy (non-hydrogen) atoms. The van der Waals surface area contributed by atoms with Gasteiger partial charge in [0.05, 0.1) is 0 Å². The second-order valence-corrected chi connectivity index (χ2v) is 5.82. The predicted molar refractivity (Wildman–Crippen MR) is 74.9 cm³/mol. The zero-order valence-corrected chi connectivity index (χ0v) is 12.8. The van der Waals surface area contributed by atoms with Crippen molar-refractivity contribution in [3.05, 3.63) is 0 Å². The molecule has 0 bridgehead atoms. The second kappa shape index (κ2) is 7.73. The van der Waals surface area contributed by atoms with Gasteiger partial charge in [0, 0.05) is 18.5 Å². The Labute approximate surface area is 108 Å². The Balaban J connectivity index is 4.73. The maximum Gasteiger partial charge on any atom is 0.225 e. The SMILES string of the molecule is CCC(C)C(C)C(=O)N(CC(C)C)C(C)CC. The summed E-state index contributed by atoms with van der Waals surface area (Å²) in [6, 6.07) is 0.358. The van der Waals surface area contributed by atoms with Crippen molar-refractivity contribution in [2.45, 2.75) is 67.3 Å². The van der Waals surface area contributed by atoms with E-state index in [0.717, 1.165) is 19.4 Å². The van der Waals surface area contributed by atoms with Gasteiger partial charge in [0.2, 0.25) is 5.91 Å². The molecule has 3 atom stereocenters. The van der Waals surface area contributed by atoms with E-state index in [1.165, 1.54) is 0 Å². The fourth-order valence-electron chi connectivity index (χ4n) is 1.96. The Morgan fingerprint density at radius 3 is 1.88 bits per heavy atom. The van der Waals surface area contributed by atoms with Crippen LogP contribution < -0.4 is 0 Å². The molecule has 0 saturated carbocycles. The Hall–Kier alpha value is -0.530. The van der Waals surface area contributed by atoms with Crippen molar-refractivity contribution in [3.63, 3.8) is 0 Å². The van der Waals surface area contributed by atoms with Crippen LogP contribution in [-0.4, -0.2) is 23.4 Å². The van der Waals surface area contributed by atoms with E-state index in [0.29, 0.717) is 23.8 Å². The van der Waals surface area contributed by atoms with Gasteiger partial charge in [-0.3, -0.25) is 4.79 Å². The van der Waals surface area contributed by atoms with Gasteiger partial charge in [-0.2, -0.15) is 0 Å². The molecule has 2 nitrogen and oxygen atoms in total. The average Bonchev–Trinajstić information content (AvgIpc) is 2.31. The molecule has 0 aliphatic heterocycles. The van der Waals surface area contributed by atoms with Gasteiger partial charge in [-0.25, -0.2) is 0 Å². The molecule has 0 heterocycles. The van der Waals surface area contributed by atoms with Gasteiger partial charge in [-0.1, -0.05) is 48.0 Å². The lowest BCUT2D eigenvalue weighted by Crippen LogP contribution is -2.44. The predicted octanol–water partition coefficient (Wildman–Crippen LogP) is 3.95. The molecule has 0 aromatic carbocycles. The topological polar surface area (TPSA) is 20.3 Å². The lowest BCUT2D eigenvalue weighted by atomic mass is 9.91. The van der Waals surface area contributed by atoms with Crippen LogP contribution in [0.3, 0.4) is 0 Å². The Bertz CT molecular complexity index is 225. The zero-order valence-electron chi connectivity index (χ0n) is 12.8. The Morgan fingerprint density at radius 1 is 1.00 bits per heavy atom. The van der Waals surface area contributed by atoms with Crippen molar-refractivity contribution < 1.29 is 4.79 Å². The highest BCUT2D eigenvalue weighted by atomic mass is 16.2. The van der Waals surface area contributed by atoms with Crippen LogP contribution in [-0.2, 0) is 4.79 Å². The quantitative estimate of drug-likeness (QED) is 0.661. The maximum atomic E-state index is 12.5. The van der Waals surface area contributed by atoms with E-state index in [1.54, 1.807) is 0 Å². The number of carbonyl (C=O) groups excluding carboxylic acids is 1. The monoisotopic (exact) mass is 241 g/mol. The number of carbonyl (C=O) groups is 1. The fraction of sp³-hybridized carbons (Fsp3) is 0.933. The summed E-state index contributed by atoms with van der Waals surface area (Å²) >= 11 is 0. The third-order valence-electron chi connectivity index (χ3n) is 3.85. The van der Waals surface area contributed by atoms with Crippen molar-refractivity contribution in [1.29, 1.82) is 0 Å². The van der Waals surface area contributed by atoms with E-state index in [2.05, 4.69) is 53.4 Å². The Kier molecular flexibility index (Phi) is 7.49. The van der Waals surface area contributed by atoms with E-state index in [1.807, 2.05) is 0 Å². The standard InChI is InChI=1S/C15H31NO/c1-8-12(5)14(7)15(17)16(10-11(3)4)13(6)9-2/h11-14H,8-10H2,1-7H3. The molecule has 0 radical (unpaired) electrons. The molecular formula is C15H31NO. The lowest BCUT2D eigenvalue weighted by molar-refractivity contribution is -0.139. The number of nitrogens with zero attached hydrogens (tertiary/aromatic N) is 1. The summed E-state index contributed by atoms with van der Waals surface area (Å²) in [5, 5.41) is 0. The first-order valence-electron chi connectivity index (χ1n) is 7.15. The van der Waals surface area contributed by atoms with Gasteiger partial charge in [-0.15, -0.1) is 0 Å². The highest BCUT2D eigenvalue weighted by Crippen LogP contribution is 2.20. The van der Waals surface area contributed by atoms with Crippen molar-refractivity contribution in [3.8, 4) is 0 Å². The first-order valence-corrected chi connectivity index (χ1v) is 7.15. The van der Waals surface area contributed by atoms with Crippen molar-refractivity contribution >= 4 is 5.91 Å². The van der Waals surface area contributed by atoms with Gasteiger partial charge in [-0.05, 0) is 25.2 Å².